The van der Waals surface area contributed by atoms with E-state index in [2.05, 4.69) is 14.9 Å². The number of hydrogen-bond donors (Lipinski definition) is 1. The summed E-state index contributed by atoms with van der Waals surface area (Å²) in [5, 5.41) is 3.80. The van der Waals surface area contributed by atoms with Gasteiger partial charge in [-0.15, -0.1) is 0 Å². The van der Waals surface area contributed by atoms with Gasteiger partial charge in [-0.3, -0.25) is 4.79 Å². The number of sulfonamides is 1. The molecule has 0 aliphatic carbocycles. The van der Waals surface area contributed by atoms with Crippen molar-refractivity contribution < 1.29 is 17.7 Å². The van der Waals surface area contributed by atoms with Crippen LogP contribution in [0.3, 0.4) is 0 Å². The van der Waals surface area contributed by atoms with Gasteiger partial charge in [-0.05, 0) is 62.4 Å². The maximum atomic E-state index is 12.9. The highest BCUT2D eigenvalue weighted by Crippen LogP contribution is 2.29. The number of carbonyl (C=O) groups excluding carboxylic acids is 1. The third-order valence-corrected chi connectivity index (χ3v) is 7.19. The Bertz CT molecular complexity index is 983. The van der Waals surface area contributed by atoms with Gasteiger partial charge < -0.3 is 9.42 Å². The number of nitrogens with one attached hydrogen (secondary N) is 1. The summed E-state index contributed by atoms with van der Waals surface area (Å²) in [4.78, 5) is 18.2. The lowest BCUT2D eigenvalue weighted by Gasteiger charge is -2.19. The third-order valence-electron chi connectivity index (χ3n) is 5.46. The van der Waals surface area contributed by atoms with Gasteiger partial charge >= 0.3 is 0 Å². The predicted octanol–water partition coefficient (Wildman–Crippen LogP) is 2.50. The number of rotatable bonds is 8. The molecule has 2 rings (SSSR count). The Morgan fingerprint density at radius 2 is 1.59 bits per heavy atom. The largest absolute Gasteiger partial charge is 0.337 e. The number of benzene rings is 1. The number of hydrogen-bond acceptors (Lipinski definition) is 6. The van der Waals surface area contributed by atoms with Gasteiger partial charge in [0, 0.05) is 26.4 Å². The van der Waals surface area contributed by atoms with Gasteiger partial charge in [-0.1, -0.05) is 12.1 Å². The summed E-state index contributed by atoms with van der Waals surface area (Å²) in [6, 6.07) is 0. The van der Waals surface area contributed by atoms with E-state index in [-0.39, 0.29) is 25.4 Å². The Labute approximate surface area is 172 Å². The Morgan fingerprint density at radius 3 is 2.10 bits per heavy atom. The zero-order chi connectivity index (χ0) is 21.9. The van der Waals surface area contributed by atoms with Crippen molar-refractivity contribution >= 4 is 15.9 Å². The van der Waals surface area contributed by atoms with Crippen LogP contribution in [0.1, 0.15) is 52.9 Å². The fourth-order valence-electron chi connectivity index (χ4n) is 3.21. The highest BCUT2D eigenvalue weighted by atomic mass is 32.2. The van der Waals surface area contributed by atoms with Gasteiger partial charge in [0.1, 0.15) is 0 Å². The second kappa shape index (κ2) is 9.04. The van der Waals surface area contributed by atoms with Gasteiger partial charge in [-0.25, -0.2) is 13.1 Å². The molecule has 0 saturated heterocycles. The molecule has 1 amide bonds. The third kappa shape index (κ3) is 5.02. The van der Waals surface area contributed by atoms with E-state index in [1.165, 1.54) is 4.90 Å². The molecule has 1 aromatic carbocycles. The van der Waals surface area contributed by atoms with Crippen molar-refractivity contribution in [2.24, 2.45) is 0 Å². The molecule has 0 unspecified atom stereocenters. The minimum absolute atomic E-state index is 0.0143. The van der Waals surface area contributed by atoms with E-state index >= 15 is 0 Å². The van der Waals surface area contributed by atoms with Crippen molar-refractivity contribution in [1.29, 1.82) is 0 Å². The molecule has 0 aliphatic rings. The van der Waals surface area contributed by atoms with E-state index < -0.39 is 10.0 Å². The second-order valence-corrected chi connectivity index (χ2v) is 9.01. The van der Waals surface area contributed by atoms with Crippen LogP contribution in [-0.4, -0.2) is 43.0 Å². The Hall–Kier alpha value is -2.26. The topological polar surface area (TPSA) is 105 Å². The lowest BCUT2D eigenvalue weighted by Crippen LogP contribution is -2.32. The predicted molar refractivity (Wildman–Crippen MR) is 110 cm³/mol. The molecule has 1 aromatic heterocycles. The summed E-state index contributed by atoms with van der Waals surface area (Å²) >= 11 is 0. The van der Waals surface area contributed by atoms with Crippen molar-refractivity contribution in [3.8, 4) is 0 Å². The normalized spacial score (nSPS) is 11.7. The van der Waals surface area contributed by atoms with Crippen molar-refractivity contribution in [3.63, 3.8) is 0 Å². The number of aromatic nitrogens is 2. The summed E-state index contributed by atoms with van der Waals surface area (Å²) < 4.78 is 33.4. The van der Waals surface area contributed by atoms with Crippen LogP contribution < -0.4 is 4.72 Å². The molecule has 9 heteroatoms. The summed E-state index contributed by atoms with van der Waals surface area (Å²) in [5.74, 6) is 0.729. The molecule has 0 fully saturated rings. The van der Waals surface area contributed by atoms with Crippen molar-refractivity contribution in [2.45, 2.75) is 65.8 Å². The van der Waals surface area contributed by atoms with Crippen LogP contribution in [0.15, 0.2) is 9.42 Å². The number of amides is 1. The highest BCUT2D eigenvalue weighted by molar-refractivity contribution is 7.89. The highest BCUT2D eigenvalue weighted by Gasteiger charge is 2.24. The molecule has 1 N–H and O–H groups in total. The molecule has 0 spiro atoms. The molecule has 1 heterocycles. The van der Waals surface area contributed by atoms with Crippen LogP contribution in [0.25, 0.3) is 0 Å². The summed E-state index contributed by atoms with van der Waals surface area (Å²) in [6.07, 6.45) is 0.687. The first-order valence-electron chi connectivity index (χ1n) is 9.61. The zero-order valence-electron chi connectivity index (χ0n) is 18.2. The first-order valence-corrected chi connectivity index (χ1v) is 11.1. The van der Waals surface area contributed by atoms with E-state index in [9.17, 15) is 13.2 Å². The molecule has 0 aliphatic heterocycles. The van der Waals surface area contributed by atoms with Crippen molar-refractivity contribution in [1.82, 2.24) is 19.8 Å². The molecular formula is C20H30N4O4S. The van der Waals surface area contributed by atoms with Gasteiger partial charge in [-0.2, -0.15) is 4.98 Å². The molecule has 160 valence electrons. The monoisotopic (exact) mass is 422 g/mol. The van der Waals surface area contributed by atoms with Crippen LogP contribution in [0, 0.1) is 34.6 Å². The smallest absolute Gasteiger partial charge is 0.246 e. The minimum atomic E-state index is -3.73. The SMILES string of the molecule is CCc1noc(CN(C)C(=O)CCNS(=O)(=O)c2c(C)c(C)c(C)c(C)c2C)n1. The molecule has 0 atom stereocenters. The summed E-state index contributed by atoms with van der Waals surface area (Å²) in [6.45, 7) is 11.6. The molecule has 2 aromatic rings. The Morgan fingerprint density at radius 1 is 1.03 bits per heavy atom. The van der Waals surface area contributed by atoms with Gasteiger partial charge in [0.2, 0.25) is 21.8 Å². The minimum Gasteiger partial charge on any atom is -0.337 e. The standard InChI is InChI=1S/C20H30N4O4S/c1-8-17-22-18(28-23-17)11-24(7)19(25)9-10-21-29(26,27)20-15(5)13(3)12(2)14(4)16(20)6/h21H,8-11H2,1-7H3. The first-order chi connectivity index (χ1) is 13.5. The zero-order valence-corrected chi connectivity index (χ0v) is 19.0. The van der Waals surface area contributed by atoms with Crippen LogP contribution >= 0.6 is 0 Å². The molecule has 29 heavy (non-hydrogen) atoms. The van der Waals surface area contributed by atoms with Crippen LogP contribution in [0.4, 0.5) is 0 Å². The van der Waals surface area contributed by atoms with E-state index in [0.29, 0.717) is 23.0 Å². The van der Waals surface area contributed by atoms with E-state index in [0.717, 1.165) is 27.8 Å². The van der Waals surface area contributed by atoms with Crippen molar-refractivity contribution in [2.75, 3.05) is 13.6 Å². The Kier molecular flexibility index (Phi) is 7.18. The van der Waals surface area contributed by atoms with Crippen LogP contribution in [0.2, 0.25) is 0 Å². The molecule has 8 nitrogen and oxygen atoms in total. The van der Waals surface area contributed by atoms with Crippen molar-refractivity contribution in [3.05, 3.63) is 39.5 Å². The van der Waals surface area contributed by atoms with E-state index in [4.69, 9.17) is 4.52 Å². The second-order valence-electron chi connectivity index (χ2n) is 7.31. The number of aryl methyl sites for hydroxylation is 1. The maximum Gasteiger partial charge on any atom is 0.246 e. The lowest BCUT2D eigenvalue weighted by molar-refractivity contribution is -0.130. The fourth-order valence-corrected chi connectivity index (χ4v) is 4.84. The van der Waals surface area contributed by atoms with E-state index in [1.54, 1.807) is 7.05 Å². The fraction of sp³-hybridized carbons (Fsp3) is 0.550. The number of carbonyl (C=O) groups is 1. The van der Waals surface area contributed by atoms with Gasteiger partial charge in [0.25, 0.3) is 0 Å². The van der Waals surface area contributed by atoms with Gasteiger partial charge in [0.15, 0.2) is 5.82 Å². The molecule has 0 saturated carbocycles. The quantitative estimate of drug-likeness (QED) is 0.701. The average Bonchev–Trinajstić information content (AvgIpc) is 3.12. The first kappa shape index (κ1) is 23.0. The van der Waals surface area contributed by atoms with Crippen LogP contribution in [0.5, 0.6) is 0 Å². The summed E-state index contributed by atoms with van der Waals surface area (Å²) in [5.41, 5.74) is 4.52. The number of nitrogens with zero attached hydrogens (tertiary/aromatic N) is 3. The molecular weight excluding hydrogens is 392 g/mol. The molecule has 0 bridgehead atoms. The van der Waals surface area contributed by atoms with Crippen LogP contribution in [-0.2, 0) is 27.8 Å². The lowest BCUT2D eigenvalue weighted by atomic mass is 9.95. The Balaban J connectivity index is 2.03. The average molecular weight is 423 g/mol. The molecule has 0 radical (unpaired) electrons. The van der Waals surface area contributed by atoms with E-state index in [1.807, 2.05) is 41.5 Å². The maximum absolute atomic E-state index is 12.9. The van der Waals surface area contributed by atoms with Gasteiger partial charge in [0.05, 0.1) is 11.4 Å². The summed E-state index contributed by atoms with van der Waals surface area (Å²) in [7, 11) is -2.11.